The van der Waals surface area contributed by atoms with Crippen LogP contribution in [0.1, 0.15) is 34.3 Å². The fourth-order valence-corrected chi connectivity index (χ4v) is 4.85. The van der Waals surface area contributed by atoms with E-state index in [1.807, 2.05) is 0 Å². The van der Waals surface area contributed by atoms with Gasteiger partial charge in [-0.3, -0.25) is 9.52 Å². The number of nitrogens with one attached hydrogen (secondary N) is 1. The van der Waals surface area contributed by atoms with Gasteiger partial charge in [-0.25, -0.2) is 13.4 Å². The number of benzene rings is 2. The first-order valence-corrected chi connectivity index (χ1v) is 12.1. The molecule has 5 rings (SSSR count). The summed E-state index contributed by atoms with van der Waals surface area (Å²) in [5.41, 5.74) is 1.64. The lowest BCUT2D eigenvalue weighted by atomic mass is 10.0. The van der Waals surface area contributed by atoms with Crippen molar-refractivity contribution in [3.63, 3.8) is 0 Å². The number of hydrogen-bond acceptors (Lipinski definition) is 6. The minimum atomic E-state index is -3.81. The highest BCUT2D eigenvalue weighted by Crippen LogP contribution is 2.34. The molecule has 0 unspecified atom stereocenters. The van der Waals surface area contributed by atoms with Gasteiger partial charge in [0, 0.05) is 17.1 Å². The van der Waals surface area contributed by atoms with E-state index >= 15 is 0 Å². The summed E-state index contributed by atoms with van der Waals surface area (Å²) in [6, 6.07) is 19.0. The molecule has 0 saturated heterocycles. The third-order valence-electron chi connectivity index (χ3n) is 5.29. The van der Waals surface area contributed by atoms with Crippen molar-refractivity contribution in [2.24, 2.45) is 5.10 Å². The molecule has 4 aromatic rings. The molecule has 8 nitrogen and oxygen atoms in total. The quantitative estimate of drug-likeness (QED) is 0.390. The topological polar surface area (TPSA) is 105 Å². The lowest BCUT2D eigenvalue weighted by molar-refractivity contribution is 0.0660. The zero-order chi connectivity index (χ0) is 23.7. The van der Waals surface area contributed by atoms with E-state index in [4.69, 9.17) is 20.4 Å². The van der Waals surface area contributed by atoms with Gasteiger partial charge < -0.3 is 8.83 Å². The van der Waals surface area contributed by atoms with E-state index in [0.29, 0.717) is 34.2 Å². The fourth-order valence-electron chi connectivity index (χ4n) is 3.68. The number of furan rings is 2. The highest BCUT2D eigenvalue weighted by molar-refractivity contribution is 7.92. The summed E-state index contributed by atoms with van der Waals surface area (Å²) in [4.78, 5) is 13.1. The van der Waals surface area contributed by atoms with Crippen LogP contribution in [0.5, 0.6) is 0 Å². The van der Waals surface area contributed by atoms with Crippen molar-refractivity contribution < 1.29 is 22.0 Å². The molecule has 1 aliphatic heterocycles. The van der Waals surface area contributed by atoms with Crippen LogP contribution in [0.15, 0.2) is 104 Å². The van der Waals surface area contributed by atoms with Gasteiger partial charge >= 0.3 is 5.91 Å². The summed E-state index contributed by atoms with van der Waals surface area (Å²) in [6.07, 6.45) is 3.34. The Kier molecular flexibility index (Phi) is 5.72. The summed E-state index contributed by atoms with van der Waals surface area (Å²) in [5.74, 6) is 0.338. The van der Waals surface area contributed by atoms with Crippen LogP contribution in [0, 0.1) is 0 Å². The molecule has 10 heteroatoms. The molecular formula is C24H18ClN3O5S. The van der Waals surface area contributed by atoms with Gasteiger partial charge in [0.2, 0.25) is 0 Å². The first-order chi connectivity index (χ1) is 16.4. The maximum absolute atomic E-state index is 13.0. The van der Waals surface area contributed by atoms with Gasteiger partial charge in [-0.15, -0.1) is 0 Å². The Morgan fingerprint density at radius 3 is 2.47 bits per heavy atom. The predicted molar refractivity (Wildman–Crippen MR) is 126 cm³/mol. The van der Waals surface area contributed by atoms with Crippen molar-refractivity contribution in [1.29, 1.82) is 0 Å². The lowest BCUT2D eigenvalue weighted by Gasteiger charge is -2.18. The number of anilines is 1. The third-order valence-corrected chi connectivity index (χ3v) is 6.94. The van der Waals surface area contributed by atoms with Crippen LogP contribution in [-0.4, -0.2) is 25.0 Å². The second kappa shape index (κ2) is 8.85. The number of hydrazone groups is 1. The second-order valence-corrected chi connectivity index (χ2v) is 9.67. The Morgan fingerprint density at radius 2 is 1.76 bits per heavy atom. The van der Waals surface area contributed by atoms with Gasteiger partial charge in [-0.05, 0) is 66.2 Å². The van der Waals surface area contributed by atoms with E-state index in [2.05, 4.69) is 9.82 Å². The van der Waals surface area contributed by atoms with Crippen molar-refractivity contribution in [2.75, 3.05) is 4.72 Å². The van der Waals surface area contributed by atoms with Crippen LogP contribution in [-0.2, 0) is 10.0 Å². The van der Waals surface area contributed by atoms with E-state index in [9.17, 15) is 13.2 Å². The van der Waals surface area contributed by atoms with Crippen molar-refractivity contribution in [3.8, 4) is 0 Å². The smallest absolute Gasteiger partial charge is 0.310 e. The maximum Gasteiger partial charge on any atom is 0.310 e. The zero-order valence-corrected chi connectivity index (χ0v) is 19.2. The molecule has 34 heavy (non-hydrogen) atoms. The largest absolute Gasteiger partial charge is 0.467 e. The average molecular weight is 496 g/mol. The fraction of sp³-hybridized carbons (Fsp3) is 0.0833. The van der Waals surface area contributed by atoms with Crippen molar-refractivity contribution >= 4 is 38.9 Å². The molecule has 0 spiro atoms. The maximum atomic E-state index is 13.0. The zero-order valence-electron chi connectivity index (χ0n) is 17.6. The van der Waals surface area contributed by atoms with Crippen LogP contribution in [0.25, 0.3) is 0 Å². The molecule has 3 heterocycles. The number of amides is 1. The predicted octanol–water partition coefficient (Wildman–Crippen LogP) is 5.32. The Hall–Kier alpha value is -3.82. The minimum Gasteiger partial charge on any atom is -0.467 e. The monoisotopic (exact) mass is 495 g/mol. The highest BCUT2D eigenvalue weighted by atomic mass is 35.5. The molecule has 1 amide bonds. The molecule has 0 radical (unpaired) electrons. The molecule has 0 bridgehead atoms. The number of rotatable bonds is 6. The number of hydrogen-bond donors (Lipinski definition) is 1. The van der Waals surface area contributed by atoms with E-state index in [1.165, 1.54) is 41.8 Å². The average Bonchev–Trinajstić information content (AvgIpc) is 3.60. The van der Waals surface area contributed by atoms with Crippen LogP contribution < -0.4 is 4.72 Å². The van der Waals surface area contributed by atoms with Crippen LogP contribution in [0.2, 0.25) is 5.02 Å². The highest BCUT2D eigenvalue weighted by Gasteiger charge is 2.36. The van der Waals surface area contributed by atoms with E-state index in [-0.39, 0.29) is 10.7 Å². The molecule has 1 aliphatic rings. The number of nitrogens with zero attached hydrogens (tertiary/aromatic N) is 2. The molecule has 0 fully saturated rings. The Labute approximate surface area is 200 Å². The molecule has 2 aromatic carbocycles. The van der Waals surface area contributed by atoms with E-state index in [1.54, 1.807) is 48.5 Å². The summed E-state index contributed by atoms with van der Waals surface area (Å²) in [7, 11) is -3.81. The number of carbonyl (C=O) groups is 1. The Balaban J connectivity index is 1.44. The number of carbonyl (C=O) groups excluding carboxylic acids is 1. The summed E-state index contributed by atoms with van der Waals surface area (Å²) in [5, 5.41) is 6.32. The van der Waals surface area contributed by atoms with Gasteiger partial charge in [0.05, 0.1) is 23.1 Å². The number of halogens is 1. The molecule has 1 N–H and O–H groups in total. The summed E-state index contributed by atoms with van der Waals surface area (Å²) in [6.45, 7) is 0. The van der Waals surface area contributed by atoms with Crippen LogP contribution in [0.4, 0.5) is 5.69 Å². The van der Waals surface area contributed by atoms with Crippen molar-refractivity contribution in [3.05, 3.63) is 107 Å². The number of sulfonamides is 1. The second-order valence-electron chi connectivity index (χ2n) is 7.55. The first-order valence-electron chi connectivity index (χ1n) is 10.3. The standard InChI is InChI=1S/C24H18ClN3O5S/c25-17-8-10-19(11-9-17)34(30,31)27-18-5-1-4-16(14-18)20-15-21(22-6-2-12-32-22)28(26-20)24(29)23-7-3-13-33-23/h1-14,21,27H,15H2/t21-/m1/s1. The van der Waals surface area contributed by atoms with Crippen molar-refractivity contribution in [2.45, 2.75) is 17.4 Å². The molecule has 172 valence electrons. The van der Waals surface area contributed by atoms with Crippen LogP contribution >= 0.6 is 11.6 Å². The van der Waals surface area contributed by atoms with Gasteiger partial charge in [0.15, 0.2) is 5.76 Å². The molecule has 1 atom stereocenters. The molecule has 2 aromatic heterocycles. The van der Waals surface area contributed by atoms with E-state index in [0.717, 1.165) is 0 Å². The lowest BCUT2D eigenvalue weighted by Crippen LogP contribution is -2.26. The van der Waals surface area contributed by atoms with Crippen molar-refractivity contribution in [1.82, 2.24) is 5.01 Å². The van der Waals surface area contributed by atoms with Gasteiger partial charge in [-0.2, -0.15) is 5.10 Å². The third kappa shape index (κ3) is 4.35. The molecule has 0 saturated carbocycles. The van der Waals surface area contributed by atoms with Gasteiger partial charge in [-0.1, -0.05) is 23.7 Å². The van der Waals surface area contributed by atoms with Gasteiger partial charge in [0.1, 0.15) is 11.8 Å². The Morgan fingerprint density at radius 1 is 1.00 bits per heavy atom. The van der Waals surface area contributed by atoms with E-state index < -0.39 is 22.0 Å². The van der Waals surface area contributed by atoms with Gasteiger partial charge in [0.25, 0.3) is 10.0 Å². The first kappa shape index (κ1) is 22.0. The summed E-state index contributed by atoms with van der Waals surface area (Å²) < 4.78 is 38.9. The SMILES string of the molecule is O=C(c1ccco1)N1N=C(c2cccc(NS(=O)(=O)c3ccc(Cl)cc3)c2)C[C@@H]1c1ccco1. The molecule has 0 aliphatic carbocycles. The normalized spacial score (nSPS) is 15.9. The van der Waals surface area contributed by atoms with Crippen LogP contribution in [0.3, 0.4) is 0 Å². The molecular weight excluding hydrogens is 478 g/mol. The minimum absolute atomic E-state index is 0.0913. The Bertz CT molecular complexity index is 1450. The summed E-state index contributed by atoms with van der Waals surface area (Å²) >= 11 is 5.86.